The molecule has 3 rings (SSSR count). The lowest BCUT2D eigenvalue weighted by molar-refractivity contribution is 0.355. The number of hydrogen-bond donors (Lipinski definition) is 0. The molecule has 1 aromatic heterocycles. The SMILES string of the molecule is COc1ccc(-c2ccc(=O)n(Cc3ccccc3Cl)n2)cc1OC. The number of hydrogen-bond acceptors (Lipinski definition) is 4. The van der Waals surface area contributed by atoms with Crippen LogP contribution in [0.15, 0.2) is 59.4 Å². The van der Waals surface area contributed by atoms with Crippen molar-refractivity contribution in [2.24, 2.45) is 0 Å². The fourth-order valence-electron chi connectivity index (χ4n) is 2.50. The molecule has 25 heavy (non-hydrogen) atoms. The van der Waals surface area contributed by atoms with Crippen molar-refractivity contribution in [1.82, 2.24) is 9.78 Å². The van der Waals surface area contributed by atoms with Gasteiger partial charge in [-0.2, -0.15) is 5.10 Å². The molecule has 0 spiro atoms. The van der Waals surface area contributed by atoms with Gasteiger partial charge < -0.3 is 9.47 Å². The standard InChI is InChI=1S/C19H17ClN2O3/c1-24-17-9-7-13(11-18(17)25-2)16-8-10-19(23)22(21-16)12-14-5-3-4-6-15(14)20/h3-11H,12H2,1-2H3. The van der Waals surface area contributed by atoms with Crippen molar-refractivity contribution >= 4 is 11.6 Å². The van der Waals surface area contributed by atoms with Crippen LogP contribution in [0.2, 0.25) is 5.02 Å². The Hall–Kier alpha value is -2.79. The normalized spacial score (nSPS) is 10.5. The molecule has 3 aromatic rings. The monoisotopic (exact) mass is 356 g/mol. The van der Waals surface area contributed by atoms with Crippen LogP contribution < -0.4 is 15.0 Å². The Balaban J connectivity index is 1.99. The summed E-state index contributed by atoms with van der Waals surface area (Å²) in [6, 6.07) is 16.1. The second kappa shape index (κ2) is 7.40. The maximum absolute atomic E-state index is 12.2. The number of methoxy groups -OCH3 is 2. The van der Waals surface area contributed by atoms with E-state index in [0.717, 1.165) is 11.1 Å². The lowest BCUT2D eigenvalue weighted by Gasteiger charge is -2.11. The van der Waals surface area contributed by atoms with Gasteiger partial charge in [0.25, 0.3) is 5.56 Å². The highest BCUT2D eigenvalue weighted by Gasteiger charge is 2.10. The first kappa shape index (κ1) is 17.0. The summed E-state index contributed by atoms with van der Waals surface area (Å²) in [6.07, 6.45) is 0. The molecule has 0 aliphatic rings. The summed E-state index contributed by atoms with van der Waals surface area (Å²) in [4.78, 5) is 12.2. The van der Waals surface area contributed by atoms with Gasteiger partial charge in [0.1, 0.15) is 0 Å². The van der Waals surface area contributed by atoms with Crippen LogP contribution in [0.3, 0.4) is 0 Å². The minimum absolute atomic E-state index is 0.191. The average Bonchev–Trinajstić information content (AvgIpc) is 2.64. The van der Waals surface area contributed by atoms with Crippen LogP contribution in [0.1, 0.15) is 5.56 Å². The van der Waals surface area contributed by atoms with Crippen LogP contribution in [0.25, 0.3) is 11.3 Å². The summed E-state index contributed by atoms with van der Waals surface area (Å²) in [5.41, 5.74) is 2.13. The Morgan fingerprint density at radius 3 is 2.48 bits per heavy atom. The zero-order valence-electron chi connectivity index (χ0n) is 13.9. The molecule has 2 aromatic carbocycles. The van der Waals surface area contributed by atoms with Gasteiger partial charge in [-0.15, -0.1) is 0 Å². The largest absolute Gasteiger partial charge is 0.493 e. The van der Waals surface area contributed by atoms with Gasteiger partial charge >= 0.3 is 0 Å². The molecule has 0 saturated heterocycles. The Kier molecular flexibility index (Phi) is 5.05. The summed E-state index contributed by atoms with van der Waals surface area (Å²) in [5.74, 6) is 1.24. The van der Waals surface area contributed by atoms with Crippen LogP contribution in [0, 0.1) is 0 Å². The smallest absolute Gasteiger partial charge is 0.267 e. The molecule has 6 heteroatoms. The van der Waals surface area contributed by atoms with Gasteiger partial charge in [-0.05, 0) is 35.9 Å². The zero-order chi connectivity index (χ0) is 17.8. The molecule has 0 unspecified atom stereocenters. The van der Waals surface area contributed by atoms with E-state index in [9.17, 15) is 4.79 Å². The fourth-order valence-corrected chi connectivity index (χ4v) is 2.70. The van der Waals surface area contributed by atoms with Gasteiger partial charge in [0.05, 0.1) is 26.5 Å². The lowest BCUT2D eigenvalue weighted by Crippen LogP contribution is -2.23. The van der Waals surface area contributed by atoms with E-state index in [4.69, 9.17) is 21.1 Å². The number of nitrogens with zero attached hydrogens (tertiary/aromatic N) is 2. The highest BCUT2D eigenvalue weighted by atomic mass is 35.5. The van der Waals surface area contributed by atoms with Crippen molar-refractivity contribution in [3.63, 3.8) is 0 Å². The van der Waals surface area contributed by atoms with E-state index >= 15 is 0 Å². The fraction of sp³-hybridized carbons (Fsp3) is 0.158. The maximum Gasteiger partial charge on any atom is 0.267 e. The van der Waals surface area contributed by atoms with Gasteiger partial charge in [-0.25, -0.2) is 4.68 Å². The first-order valence-electron chi connectivity index (χ1n) is 7.66. The minimum atomic E-state index is -0.191. The third-order valence-electron chi connectivity index (χ3n) is 3.82. The third kappa shape index (κ3) is 3.67. The first-order valence-corrected chi connectivity index (χ1v) is 8.04. The molecular formula is C19H17ClN2O3. The molecule has 128 valence electrons. The second-order valence-corrected chi connectivity index (χ2v) is 5.78. The number of aromatic nitrogens is 2. The molecule has 0 atom stereocenters. The van der Waals surface area contributed by atoms with Crippen molar-refractivity contribution in [3.8, 4) is 22.8 Å². The molecule has 0 radical (unpaired) electrons. The Bertz CT molecular complexity index is 953. The third-order valence-corrected chi connectivity index (χ3v) is 4.19. The van der Waals surface area contributed by atoms with Gasteiger partial charge in [0, 0.05) is 16.7 Å². The van der Waals surface area contributed by atoms with E-state index in [-0.39, 0.29) is 5.56 Å². The summed E-state index contributed by atoms with van der Waals surface area (Å²) in [7, 11) is 3.16. The van der Waals surface area contributed by atoms with Crippen LogP contribution >= 0.6 is 11.6 Å². The molecule has 1 heterocycles. The van der Waals surface area contributed by atoms with Crippen molar-refractivity contribution < 1.29 is 9.47 Å². The molecule has 0 aliphatic carbocycles. The second-order valence-electron chi connectivity index (χ2n) is 5.38. The number of rotatable bonds is 5. The van der Waals surface area contributed by atoms with Crippen molar-refractivity contribution in [2.45, 2.75) is 6.54 Å². The predicted molar refractivity (Wildman–Crippen MR) is 97.6 cm³/mol. The van der Waals surface area contributed by atoms with Crippen LogP contribution in [-0.4, -0.2) is 24.0 Å². The molecule has 0 N–H and O–H groups in total. The zero-order valence-corrected chi connectivity index (χ0v) is 14.7. The van der Waals surface area contributed by atoms with Crippen molar-refractivity contribution in [1.29, 1.82) is 0 Å². The van der Waals surface area contributed by atoms with E-state index in [1.54, 1.807) is 32.4 Å². The molecule has 5 nitrogen and oxygen atoms in total. The molecule has 0 saturated carbocycles. The van der Waals surface area contributed by atoms with Crippen LogP contribution in [0.5, 0.6) is 11.5 Å². The van der Waals surface area contributed by atoms with Gasteiger partial charge in [-0.1, -0.05) is 29.8 Å². The topological polar surface area (TPSA) is 53.4 Å². The van der Waals surface area contributed by atoms with E-state index in [1.165, 1.54) is 10.7 Å². The molecule has 0 fully saturated rings. The van der Waals surface area contributed by atoms with E-state index in [0.29, 0.717) is 28.8 Å². The maximum atomic E-state index is 12.2. The van der Waals surface area contributed by atoms with E-state index in [2.05, 4.69) is 5.10 Å². The van der Waals surface area contributed by atoms with Crippen molar-refractivity contribution in [2.75, 3.05) is 14.2 Å². The summed E-state index contributed by atoms with van der Waals surface area (Å²) in [5, 5.41) is 5.06. The lowest BCUT2D eigenvalue weighted by atomic mass is 10.1. The highest BCUT2D eigenvalue weighted by Crippen LogP contribution is 2.31. The van der Waals surface area contributed by atoms with Gasteiger partial charge in [0.15, 0.2) is 11.5 Å². The predicted octanol–water partition coefficient (Wildman–Crippen LogP) is 3.63. The number of benzene rings is 2. The van der Waals surface area contributed by atoms with E-state index < -0.39 is 0 Å². The van der Waals surface area contributed by atoms with Crippen molar-refractivity contribution in [3.05, 3.63) is 75.5 Å². The number of halogens is 1. The summed E-state index contributed by atoms with van der Waals surface area (Å²) in [6.45, 7) is 0.305. The Morgan fingerprint density at radius 2 is 1.76 bits per heavy atom. The summed E-state index contributed by atoms with van der Waals surface area (Å²) >= 11 is 6.18. The van der Waals surface area contributed by atoms with Gasteiger partial charge in [0.2, 0.25) is 0 Å². The van der Waals surface area contributed by atoms with Crippen LogP contribution in [0.4, 0.5) is 0 Å². The molecule has 0 amide bonds. The van der Waals surface area contributed by atoms with Crippen LogP contribution in [-0.2, 0) is 6.54 Å². The highest BCUT2D eigenvalue weighted by molar-refractivity contribution is 6.31. The molecule has 0 bridgehead atoms. The van der Waals surface area contributed by atoms with E-state index in [1.807, 2.05) is 30.3 Å². The van der Waals surface area contributed by atoms with Gasteiger partial charge in [-0.3, -0.25) is 4.79 Å². The minimum Gasteiger partial charge on any atom is -0.493 e. The summed E-state index contributed by atoms with van der Waals surface area (Å²) < 4.78 is 12.0. The first-order chi connectivity index (χ1) is 12.1. The number of ether oxygens (including phenoxy) is 2. The Labute approximate surface area is 150 Å². The average molecular weight is 357 g/mol. The molecular weight excluding hydrogens is 340 g/mol. The Morgan fingerprint density at radius 1 is 1.00 bits per heavy atom. The molecule has 0 aliphatic heterocycles. The quantitative estimate of drug-likeness (QED) is 0.700.